The van der Waals surface area contributed by atoms with Crippen molar-refractivity contribution >= 4 is 11.6 Å². The molecule has 0 spiro atoms. The largest absolute Gasteiger partial charge is 0.392 e. The van der Waals surface area contributed by atoms with Crippen LogP contribution in [0.1, 0.15) is 11.1 Å². The molecule has 1 nitrogen and oxygen atoms in total. The van der Waals surface area contributed by atoms with Gasteiger partial charge in [0.15, 0.2) is 0 Å². The summed E-state index contributed by atoms with van der Waals surface area (Å²) in [5.41, 5.74) is 0.918. The van der Waals surface area contributed by atoms with E-state index < -0.39 is 5.82 Å². The average Bonchev–Trinajstić information content (AvgIpc) is 1.85. The van der Waals surface area contributed by atoms with E-state index in [1.807, 2.05) is 0 Å². The Kier molecular flexibility index (Phi) is 2.47. The Morgan fingerprint density at radius 2 is 2.18 bits per heavy atom. The van der Waals surface area contributed by atoms with Gasteiger partial charge in [-0.15, -0.1) is 0 Å². The lowest BCUT2D eigenvalue weighted by Crippen LogP contribution is -1.91. The normalized spacial score (nSPS) is 10.2. The van der Waals surface area contributed by atoms with Crippen molar-refractivity contribution in [2.45, 2.75) is 13.5 Å². The minimum atomic E-state index is -0.447. The third-order valence-corrected chi connectivity index (χ3v) is 1.78. The van der Waals surface area contributed by atoms with Crippen LogP contribution in [-0.4, -0.2) is 5.11 Å². The maximum atomic E-state index is 12.9. The molecule has 0 saturated carbocycles. The number of hydrogen-bond donors (Lipinski definition) is 1. The topological polar surface area (TPSA) is 20.2 Å². The summed E-state index contributed by atoms with van der Waals surface area (Å²) in [6.45, 7) is 1.39. The third kappa shape index (κ3) is 1.70. The molecule has 1 aromatic rings. The molecule has 11 heavy (non-hydrogen) atoms. The van der Waals surface area contributed by atoms with Gasteiger partial charge in [-0.25, -0.2) is 4.39 Å². The second-order valence-corrected chi connectivity index (χ2v) is 2.77. The number of halogens is 2. The zero-order valence-electron chi connectivity index (χ0n) is 6.06. The van der Waals surface area contributed by atoms with Crippen molar-refractivity contribution in [1.82, 2.24) is 0 Å². The van der Waals surface area contributed by atoms with Gasteiger partial charge in [-0.1, -0.05) is 11.6 Å². The predicted octanol–water partition coefficient (Wildman–Crippen LogP) is 2.28. The zero-order chi connectivity index (χ0) is 8.43. The summed E-state index contributed by atoms with van der Waals surface area (Å²) in [6.07, 6.45) is 0. The van der Waals surface area contributed by atoms with Gasteiger partial charge < -0.3 is 5.11 Å². The molecular weight excluding hydrogens is 167 g/mol. The van der Waals surface area contributed by atoms with Crippen LogP contribution in [0.2, 0.25) is 5.02 Å². The fourth-order valence-electron chi connectivity index (χ4n) is 0.881. The average molecular weight is 175 g/mol. The van der Waals surface area contributed by atoms with Crippen molar-refractivity contribution in [3.8, 4) is 0 Å². The molecular formula is C8H8ClFO. The Balaban J connectivity index is 3.25. The summed E-state index contributed by atoms with van der Waals surface area (Å²) in [5.74, 6) is -0.447. The van der Waals surface area contributed by atoms with Gasteiger partial charge in [0, 0.05) is 10.6 Å². The number of aliphatic hydroxyl groups excluding tert-OH is 1. The molecule has 0 bridgehead atoms. The van der Waals surface area contributed by atoms with Crippen LogP contribution >= 0.6 is 11.6 Å². The molecule has 0 atom stereocenters. The first kappa shape index (κ1) is 8.50. The van der Waals surface area contributed by atoms with Gasteiger partial charge in [-0.05, 0) is 24.6 Å². The quantitative estimate of drug-likeness (QED) is 0.693. The first-order valence-electron chi connectivity index (χ1n) is 3.20. The highest BCUT2D eigenvalue weighted by Gasteiger charge is 2.05. The molecule has 0 amide bonds. The summed E-state index contributed by atoms with van der Waals surface area (Å²) < 4.78 is 12.9. The van der Waals surface area contributed by atoms with E-state index in [-0.39, 0.29) is 17.2 Å². The van der Waals surface area contributed by atoms with Crippen LogP contribution in [0, 0.1) is 12.7 Å². The molecule has 1 aromatic carbocycles. The Morgan fingerprint density at radius 3 is 2.64 bits per heavy atom. The Labute approximate surface area is 69.4 Å². The summed E-state index contributed by atoms with van der Waals surface area (Å²) >= 11 is 5.63. The Morgan fingerprint density at radius 1 is 1.55 bits per heavy atom. The molecule has 0 aliphatic carbocycles. The lowest BCUT2D eigenvalue weighted by Gasteiger charge is -2.02. The van der Waals surface area contributed by atoms with Gasteiger partial charge >= 0.3 is 0 Å². The van der Waals surface area contributed by atoms with E-state index in [1.165, 1.54) is 6.07 Å². The van der Waals surface area contributed by atoms with Gasteiger partial charge in [-0.3, -0.25) is 0 Å². The van der Waals surface area contributed by atoms with E-state index in [2.05, 4.69) is 0 Å². The molecule has 0 saturated heterocycles. The highest BCUT2D eigenvalue weighted by atomic mass is 35.5. The van der Waals surface area contributed by atoms with Crippen molar-refractivity contribution in [3.05, 3.63) is 34.1 Å². The van der Waals surface area contributed by atoms with E-state index in [9.17, 15) is 4.39 Å². The molecule has 60 valence electrons. The fourth-order valence-corrected chi connectivity index (χ4v) is 1.20. The van der Waals surface area contributed by atoms with Crippen LogP contribution in [0.5, 0.6) is 0 Å². The standard InChI is InChI=1S/C8H8ClFO/c1-5-2-7(9)6(4-11)8(10)3-5/h2-3,11H,4H2,1H3. The highest BCUT2D eigenvalue weighted by Crippen LogP contribution is 2.20. The summed E-state index contributed by atoms with van der Waals surface area (Å²) in [6, 6.07) is 2.97. The molecule has 0 aromatic heterocycles. The number of hydrogen-bond acceptors (Lipinski definition) is 1. The molecule has 3 heteroatoms. The maximum absolute atomic E-state index is 12.9. The monoisotopic (exact) mass is 174 g/mol. The van der Waals surface area contributed by atoms with E-state index in [4.69, 9.17) is 16.7 Å². The molecule has 0 radical (unpaired) electrons. The van der Waals surface area contributed by atoms with Crippen molar-refractivity contribution in [3.63, 3.8) is 0 Å². The number of aryl methyl sites for hydroxylation is 1. The SMILES string of the molecule is Cc1cc(F)c(CO)c(Cl)c1. The smallest absolute Gasteiger partial charge is 0.130 e. The fraction of sp³-hybridized carbons (Fsp3) is 0.250. The molecule has 0 aliphatic rings. The predicted molar refractivity (Wildman–Crippen MR) is 42.1 cm³/mol. The molecule has 0 heterocycles. The summed E-state index contributed by atoms with van der Waals surface area (Å²) in [4.78, 5) is 0. The minimum Gasteiger partial charge on any atom is -0.392 e. The molecule has 1 rings (SSSR count). The van der Waals surface area contributed by atoms with Gasteiger partial charge in [0.25, 0.3) is 0 Å². The van der Waals surface area contributed by atoms with Crippen molar-refractivity contribution in [1.29, 1.82) is 0 Å². The second-order valence-electron chi connectivity index (χ2n) is 2.37. The number of rotatable bonds is 1. The third-order valence-electron chi connectivity index (χ3n) is 1.44. The Bertz CT molecular complexity index is 250. The molecule has 1 N–H and O–H groups in total. The van der Waals surface area contributed by atoms with Gasteiger partial charge in [-0.2, -0.15) is 0 Å². The molecule has 0 aliphatic heterocycles. The summed E-state index contributed by atoms with van der Waals surface area (Å²) in [5, 5.41) is 8.95. The molecule has 0 fully saturated rings. The van der Waals surface area contributed by atoms with Crippen molar-refractivity contribution in [2.75, 3.05) is 0 Å². The first-order valence-corrected chi connectivity index (χ1v) is 3.58. The van der Waals surface area contributed by atoms with Crippen LogP contribution in [0.15, 0.2) is 12.1 Å². The first-order chi connectivity index (χ1) is 5.15. The minimum absolute atomic E-state index is 0.164. The van der Waals surface area contributed by atoms with E-state index >= 15 is 0 Å². The highest BCUT2D eigenvalue weighted by molar-refractivity contribution is 6.31. The number of benzene rings is 1. The number of aliphatic hydroxyl groups is 1. The van der Waals surface area contributed by atoms with Gasteiger partial charge in [0.05, 0.1) is 6.61 Å². The second kappa shape index (κ2) is 3.20. The zero-order valence-corrected chi connectivity index (χ0v) is 6.82. The van der Waals surface area contributed by atoms with Gasteiger partial charge in [0.2, 0.25) is 0 Å². The van der Waals surface area contributed by atoms with E-state index in [1.54, 1.807) is 13.0 Å². The van der Waals surface area contributed by atoms with Crippen LogP contribution in [0.3, 0.4) is 0 Å². The van der Waals surface area contributed by atoms with Gasteiger partial charge in [0.1, 0.15) is 5.82 Å². The van der Waals surface area contributed by atoms with E-state index in [0.29, 0.717) is 0 Å². The van der Waals surface area contributed by atoms with Crippen molar-refractivity contribution < 1.29 is 9.50 Å². The summed E-state index contributed by atoms with van der Waals surface area (Å²) in [7, 11) is 0. The maximum Gasteiger partial charge on any atom is 0.130 e. The van der Waals surface area contributed by atoms with Crippen LogP contribution < -0.4 is 0 Å². The lowest BCUT2D eigenvalue weighted by molar-refractivity contribution is 0.276. The van der Waals surface area contributed by atoms with Crippen LogP contribution in [0.4, 0.5) is 4.39 Å². The lowest BCUT2D eigenvalue weighted by atomic mass is 10.1. The van der Waals surface area contributed by atoms with E-state index in [0.717, 1.165) is 5.56 Å². The van der Waals surface area contributed by atoms with Crippen LogP contribution in [-0.2, 0) is 6.61 Å². The Hall–Kier alpha value is -0.600. The van der Waals surface area contributed by atoms with Crippen LogP contribution in [0.25, 0.3) is 0 Å². The molecule has 0 unspecified atom stereocenters. The van der Waals surface area contributed by atoms with Crippen molar-refractivity contribution in [2.24, 2.45) is 0 Å².